The smallest absolute Gasteiger partial charge is 0.309 e. The Labute approximate surface area is 333 Å². The number of benzene rings is 1. The molecule has 1 aromatic rings. The van der Waals surface area contributed by atoms with E-state index in [1.54, 1.807) is 13.8 Å². The van der Waals surface area contributed by atoms with Crippen LogP contribution in [0.25, 0.3) is 0 Å². The van der Waals surface area contributed by atoms with Crippen molar-refractivity contribution >= 4 is 35.2 Å². The van der Waals surface area contributed by atoms with Gasteiger partial charge in [-0.1, -0.05) is 77.8 Å². The Bertz CT molecular complexity index is 1780. The van der Waals surface area contributed by atoms with E-state index in [0.717, 1.165) is 62.5 Å². The van der Waals surface area contributed by atoms with Crippen molar-refractivity contribution in [2.75, 3.05) is 13.2 Å². The van der Waals surface area contributed by atoms with Crippen molar-refractivity contribution in [3.05, 3.63) is 46.0 Å². The predicted molar refractivity (Wildman–Crippen MR) is 212 cm³/mol. The third-order valence-electron chi connectivity index (χ3n) is 16.9. The number of ether oxygens (including phenoxy) is 2. The monoisotopic (exact) mass is 777 g/mol. The Morgan fingerprint density at radius 2 is 1.64 bits per heavy atom. The summed E-state index contributed by atoms with van der Waals surface area (Å²) in [6.07, 6.45) is 7.71. The molecule has 6 aliphatic rings. The van der Waals surface area contributed by atoms with E-state index >= 15 is 0 Å². The maximum Gasteiger partial charge on any atom is 0.309 e. The molecule has 7 rings (SSSR count). The van der Waals surface area contributed by atoms with Gasteiger partial charge in [-0.3, -0.25) is 19.2 Å². The van der Waals surface area contributed by atoms with Gasteiger partial charge < -0.3 is 19.5 Å². The summed E-state index contributed by atoms with van der Waals surface area (Å²) in [5.41, 5.74) is 1.66. The number of carboxylic acids is 1. The molecule has 1 heterocycles. The average molecular weight is 778 g/mol. The minimum Gasteiger partial charge on any atom is -0.481 e. The van der Waals surface area contributed by atoms with Crippen LogP contribution in [0.4, 0.5) is 0 Å². The molecule has 4 saturated carbocycles. The second-order valence-corrected chi connectivity index (χ2v) is 21.2. The number of amides is 1. The largest absolute Gasteiger partial charge is 0.481 e. The van der Waals surface area contributed by atoms with Gasteiger partial charge in [0, 0.05) is 35.4 Å². The van der Waals surface area contributed by atoms with Crippen LogP contribution in [-0.2, 0) is 35.2 Å². The standard InChI is InChI=1S/C46H64ClNO7/c1-27(2)38-31(49)22-46(35-25-48(36(50)26-54-35)24-28-10-12-29(47)13-11-28)21-20-44(8)30(39(38)46)14-15-33-43(7)18-17-34(55-37(51)23-41(3,4)40(52)53)42(5,6)32(43)16-19-45(33,44)9/h10-13,27,30,32-35H,14-26H2,1-9H3,(H,52,53)/t30-,32+,33?,34+,35?,43+,44-,45-,46+/m1/s1. The number of hydrogen-bond acceptors (Lipinski definition) is 6. The Morgan fingerprint density at radius 3 is 2.29 bits per heavy atom. The molecule has 8 nitrogen and oxygen atoms in total. The molecular weight excluding hydrogens is 714 g/mol. The molecule has 55 heavy (non-hydrogen) atoms. The molecule has 1 amide bonds. The number of aliphatic carboxylic acids is 1. The first-order chi connectivity index (χ1) is 25.6. The molecule has 2 unspecified atom stereocenters. The number of esters is 1. The Balaban J connectivity index is 1.17. The molecule has 302 valence electrons. The van der Waals surface area contributed by atoms with Crippen LogP contribution in [0.3, 0.4) is 0 Å². The highest BCUT2D eigenvalue weighted by Gasteiger charge is 2.71. The third kappa shape index (κ3) is 6.24. The van der Waals surface area contributed by atoms with E-state index in [1.807, 2.05) is 29.2 Å². The summed E-state index contributed by atoms with van der Waals surface area (Å²) in [6.45, 7) is 20.7. The molecule has 9 heteroatoms. The number of allylic oxidation sites excluding steroid dienone is 1. The summed E-state index contributed by atoms with van der Waals surface area (Å²) >= 11 is 6.17. The number of carboxylic acid groups (broad SMARTS) is 1. The minimum absolute atomic E-state index is 0.0169. The van der Waals surface area contributed by atoms with Gasteiger partial charge in [0.2, 0.25) is 5.91 Å². The maximum absolute atomic E-state index is 14.3. The highest BCUT2D eigenvalue weighted by Crippen LogP contribution is 2.77. The van der Waals surface area contributed by atoms with Crippen LogP contribution in [0.5, 0.6) is 0 Å². The van der Waals surface area contributed by atoms with Gasteiger partial charge in [0.05, 0.1) is 17.9 Å². The second-order valence-electron chi connectivity index (χ2n) is 20.8. The van der Waals surface area contributed by atoms with Gasteiger partial charge in [-0.2, -0.15) is 0 Å². The fraction of sp³-hybridized carbons (Fsp3) is 0.739. The van der Waals surface area contributed by atoms with E-state index in [2.05, 4.69) is 48.5 Å². The molecule has 9 atom stereocenters. The topological polar surface area (TPSA) is 110 Å². The lowest BCUT2D eigenvalue weighted by atomic mass is 9.33. The third-order valence-corrected chi connectivity index (χ3v) is 17.2. The Hall–Kier alpha value is -2.71. The summed E-state index contributed by atoms with van der Waals surface area (Å²) in [7, 11) is 0. The number of Topliss-reactive ketones (excluding diaryl/α,β-unsaturated/α-hetero) is 1. The number of rotatable bonds is 8. The molecule has 5 aliphatic carbocycles. The highest BCUT2D eigenvalue weighted by molar-refractivity contribution is 6.30. The number of nitrogens with zero attached hydrogens (tertiary/aromatic N) is 1. The molecule has 1 N–H and O–H groups in total. The van der Waals surface area contributed by atoms with Crippen LogP contribution in [0, 0.1) is 56.2 Å². The fourth-order valence-electron chi connectivity index (χ4n) is 13.8. The van der Waals surface area contributed by atoms with Gasteiger partial charge >= 0.3 is 11.9 Å². The van der Waals surface area contributed by atoms with Gasteiger partial charge in [-0.05, 0) is 128 Å². The maximum atomic E-state index is 14.3. The van der Waals surface area contributed by atoms with Crippen LogP contribution >= 0.6 is 11.6 Å². The van der Waals surface area contributed by atoms with Gasteiger partial charge in [-0.15, -0.1) is 0 Å². The number of hydrogen-bond donors (Lipinski definition) is 1. The highest BCUT2D eigenvalue weighted by atomic mass is 35.5. The number of ketones is 1. The average Bonchev–Trinajstić information content (AvgIpc) is 3.41. The Kier molecular flexibility index (Phi) is 10.1. The number of carbonyl (C=O) groups excluding carboxylic acids is 3. The molecule has 0 aromatic heterocycles. The van der Waals surface area contributed by atoms with Gasteiger partial charge in [0.15, 0.2) is 5.78 Å². The van der Waals surface area contributed by atoms with Crippen molar-refractivity contribution in [3.63, 3.8) is 0 Å². The van der Waals surface area contributed by atoms with Crippen LogP contribution < -0.4 is 0 Å². The first-order valence-electron chi connectivity index (χ1n) is 21.0. The lowest BCUT2D eigenvalue weighted by molar-refractivity contribution is -0.236. The van der Waals surface area contributed by atoms with Crippen molar-refractivity contribution < 1.29 is 33.8 Å². The van der Waals surface area contributed by atoms with Crippen molar-refractivity contribution in [1.82, 2.24) is 4.90 Å². The summed E-state index contributed by atoms with van der Waals surface area (Å²) in [5.74, 6) is 0.0480. The van der Waals surface area contributed by atoms with E-state index in [1.165, 1.54) is 5.57 Å². The van der Waals surface area contributed by atoms with Crippen LogP contribution in [-0.4, -0.2) is 59.0 Å². The van der Waals surface area contributed by atoms with E-state index in [9.17, 15) is 24.3 Å². The lowest BCUT2D eigenvalue weighted by Gasteiger charge is -2.72. The van der Waals surface area contributed by atoms with Crippen LogP contribution in [0.15, 0.2) is 35.4 Å². The first kappa shape index (κ1) is 40.5. The fourth-order valence-corrected chi connectivity index (χ4v) is 13.9. The molecule has 1 saturated heterocycles. The zero-order chi connectivity index (χ0) is 40.1. The minimum atomic E-state index is -1.17. The number of morpholine rings is 1. The van der Waals surface area contributed by atoms with Crippen LogP contribution in [0.1, 0.15) is 132 Å². The number of halogens is 1. The second kappa shape index (κ2) is 13.7. The van der Waals surface area contributed by atoms with Crippen molar-refractivity contribution in [2.24, 2.45) is 56.2 Å². The normalized spacial score (nSPS) is 38.6. The molecular formula is C46H64ClNO7. The predicted octanol–water partition coefficient (Wildman–Crippen LogP) is 9.46. The van der Waals surface area contributed by atoms with Crippen molar-refractivity contribution in [3.8, 4) is 0 Å². The van der Waals surface area contributed by atoms with E-state index < -0.39 is 22.8 Å². The van der Waals surface area contributed by atoms with Gasteiger partial charge in [-0.25, -0.2) is 0 Å². The summed E-state index contributed by atoms with van der Waals surface area (Å²) in [5, 5.41) is 10.3. The quantitative estimate of drug-likeness (QED) is 0.262. The first-order valence-corrected chi connectivity index (χ1v) is 21.3. The lowest BCUT2D eigenvalue weighted by Crippen LogP contribution is -2.66. The van der Waals surface area contributed by atoms with Crippen LogP contribution in [0.2, 0.25) is 5.02 Å². The van der Waals surface area contributed by atoms with E-state index in [4.69, 9.17) is 21.1 Å². The van der Waals surface area contributed by atoms with Gasteiger partial charge in [0.1, 0.15) is 12.7 Å². The van der Waals surface area contributed by atoms with Gasteiger partial charge in [0.25, 0.3) is 0 Å². The molecule has 0 spiro atoms. The summed E-state index contributed by atoms with van der Waals surface area (Å²) < 4.78 is 12.7. The zero-order valence-corrected chi connectivity index (χ0v) is 35.4. The molecule has 0 bridgehead atoms. The molecule has 0 radical (unpaired) electrons. The molecule has 1 aliphatic heterocycles. The SMILES string of the molecule is CC(C)C1=C2[C@H]3CCC4[C@@]5(C)CC[C@H](OC(=O)CC(C)(C)C(=O)O)C(C)(C)[C@@H]5CC[C@@]4(C)[C@]3(C)CC[C@@]2(C2CN(Cc3ccc(Cl)cc3)C(=O)CO2)CC1=O. The summed E-state index contributed by atoms with van der Waals surface area (Å²) in [4.78, 5) is 54.4. The van der Waals surface area contributed by atoms with Crippen molar-refractivity contribution in [2.45, 2.75) is 145 Å². The van der Waals surface area contributed by atoms with E-state index in [0.29, 0.717) is 36.4 Å². The van der Waals surface area contributed by atoms with Crippen molar-refractivity contribution in [1.29, 1.82) is 0 Å². The Morgan fingerprint density at radius 1 is 0.945 bits per heavy atom. The molecule has 1 aromatic carbocycles. The molecule has 5 fully saturated rings. The zero-order valence-electron chi connectivity index (χ0n) is 34.7. The number of carbonyl (C=O) groups is 4. The number of fused-ring (bicyclic) bond motifs is 7. The summed E-state index contributed by atoms with van der Waals surface area (Å²) in [6, 6.07) is 7.68. The van der Waals surface area contributed by atoms with E-state index in [-0.39, 0.29) is 70.4 Å².